The molecule has 0 aliphatic heterocycles. The molecule has 0 bridgehead atoms. The van der Waals surface area contributed by atoms with Crippen LogP contribution in [0.2, 0.25) is 0 Å². The van der Waals surface area contributed by atoms with Crippen LogP contribution in [-0.2, 0) is 4.79 Å². The smallest absolute Gasteiger partial charge is 0.237 e. The van der Waals surface area contributed by atoms with E-state index in [1.807, 2.05) is 0 Å². The average Bonchev–Trinajstić information content (AvgIpc) is 2.35. The standard InChI is InChI=1S/C13H18F2N2O2/c1-3-13(2,12(16)19)17-7-10(18)11-8(14)5-4-6-9(11)15/h4-6,10,17-18H,3,7H2,1-2H3,(H2,16,19). The van der Waals surface area contributed by atoms with E-state index in [0.29, 0.717) is 6.42 Å². The van der Waals surface area contributed by atoms with Crippen LogP contribution in [0.15, 0.2) is 18.2 Å². The van der Waals surface area contributed by atoms with Gasteiger partial charge in [-0.05, 0) is 25.5 Å². The predicted molar refractivity (Wildman–Crippen MR) is 67.2 cm³/mol. The molecule has 0 spiro atoms. The first kappa shape index (κ1) is 15.5. The molecule has 0 fully saturated rings. The summed E-state index contributed by atoms with van der Waals surface area (Å²) in [5, 5.41) is 12.6. The Morgan fingerprint density at radius 2 is 2.00 bits per heavy atom. The van der Waals surface area contributed by atoms with E-state index in [9.17, 15) is 18.7 Å². The molecule has 0 saturated heterocycles. The van der Waals surface area contributed by atoms with E-state index in [2.05, 4.69) is 5.32 Å². The molecule has 0 aliphatic rings. The number of hydrogen-bond donors (Lipinski definition) is 3. The number of hydrogen-bond acceptors (Lipinski definition) is 3. The number of β-amino-alcohol motifs (C(OH)–C–C–N with tert-alkyl or cyclic N) is 1. The third-order valence-electron chi connectivity index (χ3n) is 3.27. The Balaban J connectivity index is 2.81. The predicted octanol–water partition coefficient (Wildman–Crippen LogP) is 1.24. The summed E-state index contributed by atoms with van der Waals surface area (Å²) in [4.78, 5) is 11.3. The van der Waals surface area contributed by atoms with Crippen molar-refractivity contribution >= 4 is 5.91 Å². The van der Waals surface area contributed by atoms with E-state index in [1.54, 1.807) is 13.8 Å². The molecular formula is C13H18F2N2O2. The molecule has 0 radical (unpaired) electrons. The van der Waals surface area contributed by atoms with Gasteiger partial charge in [-0.15, -0.1) is 0 Å². The number of primary amides is 1. The molecule has 6 heteroatoms. The van der Waals surface area contributed by atoms with Crippen molar-refractivity contribution in [2.24, 2.45) is 5.73 Å². The fourth-order valence-corrected chi connectivity index (χ4v) is 1.64. The molecule has 0 aliphatic carbocycles. The van der Waals surface area contributed by atoms with E-state index < -0.39 is 34.7 Å². The fourth-order valence-electron chi connectivity index (χ4n) is 1.64. The largest absolute Gasteiger partial charge is 0.387 e. The summed E-state index contributed by atoms with van der Waals surface area (Å²) in [5.74, 6) is -2.24. The van der Waals surface area contributed by atoms with Crippen LogP contribution < -0.4 is 11.1 Å². The molecule has 106 valence electrons. The number of carbonyl (C=O) groups excluding carboxylic acids is 1. The molecular weight excluding hydrogens is 254 g/mol. The van der Waals surface area contributed by atoms with Crippen molar-refractivity contribution in [1.82, 2.24) is 5.32 Å². The van der Waals surface area contributed by atoms with Gasteiger partial charge >= 0.3 is 0 Å². The molecule has 1 rings (SSSR count). The lowest BCUT2D eigenvalue weighted by Crippen LogP contribution is -2.53. The molecule has 2 atom stereocenters. The van der Waals surface area contributed by atoms with Crippen LogP contribution in [0.5, 0.6) is 0 Å². The average molecular weight is 272 g/mol. The van der Waals surface area contributed by atoms with Gasteiger partial charge in [-0.25, -0.2) is 8.78 Å². The number of amides is 1. The second kappa shape index (κ2) is 6.08. The van der Waals surface area contributed by atoms with Crippen LogP contribution in [0.4, 0.5) is 8.78 Å². The van der Waals surface area contributed by atoms with Crippen LogP contribution in [0.1, 0.15) is 31.9 Å². The van der Waals surface area contributed by atoms with Gasteiger partial charge in [-0.1, -0.05) is 13.0 Å². The molecule has 1 amide bonds. The van der Waals surface area contributed by atoms with Gasteiger partial charge in [0.2, 0.25) is 5.91 Å². The highest BCUT2D eigenvalue weighted by Crippen LogP contribution is 2.21. The lowest BCUT2D eigenvalue weighted by molar-refractivity contribution is -0.124. The van der Waals surface area contributed by atoms with Gasteiger partial charge in [0.1, 0.15) is 11.6 Å². The van der Waals surface area contributed by atoms with Gasteiger partial charge in [0.05, 0.1) is 17.2 Å². The second-order valence-electron chi connectivity index (χ2n) is 4.58. The number of aliphatic hydroxyl groups excluding tert-OH is 1. The Labute approximate surface area is 110 Å². The van der Waals surface area contributed by atoms with Crippen molar-refractivity contribution in [3.63, 3.8) is 0 Å². The van der Waals surface area contributed by atoms with Crippen LogP contribution >= 0.6 is 0 Å². The molecule has 1 aromatic carbocycles. The maximum absolute atomic E-state index is 13.4. The highest BCUT2D eigenvalue weighted by molar-refractivity contribution is 5.84. The topological polar surface area (TPSA) is 75.3 Å². The second-order valence-corrected chi connectivity index (χ2v) is 4.58. The van der Waals surface area contributed by atoms with Crippen molar-refractivity contribution in [3.05, 3.63) is 35.4 Å². The van der Waals surface area contributed by atoms with E-state index in [-0.39, 0.29) is 6.54 Å². The number of halogens is 2. The van der Waals surface area contributed by atoms with Crippen LogP contribution in [0, 0.1) is 11.6 Å². The molecule has 0 aromatic heterocycles. The Hall–Kier alpha value is -1.53. The van der Waals surface area contributed by atoms with E-state index in [4.69, 9.17) is 5.73 Å². The van der Waals surface area contributed by atoms with Gasteiger partial charge in [0, 0.05) is 6.54 Å². The maximum atomic E-state index is 13.4. The summed E-state index contributed by atoms with van der Waals surface area (Å²) in [7, 11) is 0. The van der Waals surface area contributed by atoms with Crippen LogP contribution in [0.25, 0.3) is 0 Å². The van der Waals surface area contributed by atoms with E-state index >= 15 is 0 Å². The molecule has 4 N–H and O–H groups in total. The lowest BCUT2D eigenvalue weighted by atomic mass is 9.97. The van der Waals surface area contributed by atoms with Crippen molar-refractivity contribution in [3.8, 4) is 0 Å². The third-order valence-corrected chi connectivity index (χ3v) is 3.27. The zero-order valence-electron chi connectivity index (χ0n) is 10.9. The van der Waals surface area contributed by atoms with Crippen molar-refractivity contribution in [2.75, 3.05) is 6.54 Å². The molecule has 0 heterocycles. The van der Waals surface area contributed by atoms with Crippen molar-refractivity contribution < 1.29 is 18.7 Å². The first-order chi connectivity index (χ1) is 8.81. The maximum Gasteiger partial charge on any atom is 0.237 e. The Bertz CT molecular complexity index is 448. The molecule has 4 nitrogen and oxygen atoms in total. The SMILES string of the molecule is CCC(C)(NCC(O)c1c(F)cccc1F)C(N)=O. The van der Waals surface area contributed by atoms with Crippen LogP contribution in [0.3, 0.4) is 0 Å². The first-order valence-corrected chi connectivity index (χ1v) is 5.98. The minimum absolute atomic E-state index is 0.175. The van der Waals surface area contributed by atoms with Gasteiger partial charge in [0.15, 0.2) is 0 Å². The van der Waals surface area contributed by atoms with E-state index in [0.717, 1.165) is 12.1 Å². The number of aliphatic hydroxyl groups is 1. The summed E-state index contributed by atoms with van der Waals surface area (Å²) >= 11 is 0. The van der Waals surface area contributed by atoms with Crippen molar-refractivity contribution in [1.29, 1.82) is 0 Å². The summed E-state index contributed by atoms with van der Waals surface area (Å²) in [6, 6.07) is 3.34. The normalized spacial score (nSPS) is 15.8. The number of carbonyl (C=O) groups is 1. The Morgan fingerprint density at radius 3 is 2.42 bits per heavy atom. The summed E-state index contributed by atoms with van der Waals surface area (Å²) in [6.07, 6.45) is -0.999. The lowest BCUT2D eigenvalue weighted by Gasteiger charge is -2.27. The molecule has 1 aromatic rings. The molecule has 19 heavy (non-hydrogen) atoms. The monoisotopic (exact) mass is 272 g/mol. The zero-order chi connectivity index (χ0) is 14.6. The zero-order valence-corrected chi connectivity index (χ0v) is 10.9. The minimum atomic E-state index is -1.40. The first-order valence-electron chi connectivity index (χ1n) is 5.98. The van der Waals surface area contributed by atoms with Gasteiger partial charge in [-0.2, -0.15) is 0 Å². The summed E-state index contributed by atoms with van der Waals surface area (Å²) < 4.78 is 26.9. The number of benzene rings is 1. The van der Waals surface area contributed by atoms with Crippen LogP contribution in [-0.4, -0.2) is 23.1 Å². The minimum Gasteiger partial charge on any atom is -0.387 e. The highest BCUT2D eigenvalue weighted by Gasteiger charge is 2.29. The summed E-state index contributed by atoms with van der Waals surface area (Å²) in [6.45, 7) is 3.14. The molecule has 0 saturated carbocycles. The quantitative estimate of drug-likeness (QED) is 0.729. The number of nitrogens with one attached hydrogen (secondary N) is 1. The fraction of sp³-hybridized carbons (Fsp3) is 0.462. The van der Waals surface area contributed by atoms with Gasteiger partial charge in [0.25, 0.3) is 0 Å². The third kappa shape index (κ3) is 3.48. The Kier molecular flexibility index (Phi) is 4.97. The van der Waals surface area contributed by atoms with Gasteiger partial charge in [-0.3, -0.25) is 4.79 Å². The highest BCUT2D eigenvalue weighted by atomic mass is 19.1. The number of nitrogens with two attached hydrogens (primary N) is 1. The molecule has 2 unspecified atom stereocenters. The van der Waals surface area contributed by atoms with E-state index in [1.165, 1.54) is 6.07 Å². The number of rotatable bonds is 6. The Morgan fingerprint density at radius 1 is 1.47 bits per heavy atom. The van der Waals surface area contributed by atoms with Crippen molar-refractivity contribution in [2.45, 2.75) is 31.9 Å². The summed E-state index contributed by atoms with van der Waals surface area (Å²) in [5.41, 5.74) is 3.79. The van der Waals surface area contributed by atoms with Gasteiger partial charge < -0.3 is 16.2 Å².